The Labute approximate surface area is 136 Å². The third-order valence-corrected chi connectivity index (χ3v) is 4.34. The summed E-state index contributed by atoms with van der Waals surface area (Å²) in [5.74, 6) is -2.17. The minimum Gasteiger partial charge on any atom is -0.337 e. The fourth-order valence-electron chi connectivity index (χ4n) is 3.13. The zero-order valence-corrected chi connectivity index (χ0v) is 14.0. The predicted octanol–water partition coefficient (Wildman–Crippen LogP) is 3.33. The molecule has 1 aliphatic rings. The molecule has 1 fully saturated rings. The summed E-state index contributed by atoms with van der Waals surface area (Å²) in [7, 11) is 5.77. The van der Waals surface area contributed by atoms with E-state index in [-0.39, 0.29) is 29.9 Å². The van der Waals surface area contributed by atoms with Crippen LogP contribution in [0.1, 0.15) is 36.0 Å². The van der Waals surface area contributed by atoms with Gasteiger partial charge in [0.1, 0.15) is 0 Å². The molecule has 22 heavy (non-hydrogen) atoms. The minimum atomic E-state index is -0.984. The van der Waals surface area contributed by atoms with Gasteiger partial charge in [-0.3, -0.25) is 4.79 Å². The van der Waals surface area contributed by atoms with Crippen molar-refractivity contribution in [1.82, 2.24) is 9.80 Å². The van der Waals surface area contributed by atoms with Gasteiger partial charge in [-0.2, -0.15) is 0 Å². The number of hydrogen-bond donors (Lipinski definition) is 0. The van der Waals surface area contributed by atoms with Crippen molar-refractivity contribution in [2.45, 2.75) is 37.8 Å². The molecule has 1 aromatic rings. The van der Waals surface area contributed by atoms with Gasteiger partial charge in [-0.1, -0.05) is 12.8 Å². The van der Waals surface area contributed by atoms with E-state index in [1.165, 1.54) is 6.07 Å². The highest BCUT2D eigenvalue weighted by atomic mass is 35.5. The van der Waals surface area contributed by atoms with Crippen molar-refractivity contribution in [3.63, 3.8) is 0 Å². The topological polar surface area (TPSA) is 23.6 Å². The van der Waals surface area contributed by atoms with Crippen molar-refractivity contribution in [3.05, 3.63) is 35.4 Å². The summed E-state index contributed by atoms with van der Waals surface area (Å²) in [6, 6.07) is 3.72. The van der Waals surface area contributed by atoms with Crippen molar-refractivity contribution in [1.29, 1.82) is 0 Å². The van der Waals surface area contributed by atoms with E-state index < -0.39 is 11.6 Å². The van der Waals surface area contributed by atoms with Crippen molar-refractivity contribution in [2.75, 3.05) is 21.1 Å². The number of carbonyl (C=O) groups excluding carboxylic acids is 1. The molecule has 1 aliphatic carbocycles. The van der Waals surface area contributed by atoms with Gasteiger partial charge < -0.3 is 9.80 Å². The molecule has 6 heteroatoms. The van der Waals surface area contributed by atoms with Gasteiger partial charge >= 0.3 is 0 Å². The molecular formula is C16H23ClF2N2O. The Morgan fingerprint density at radius 2 is 1.64 bits per heavy atom. The van der Waals surface area contributed by atoms with Crippen LogP contribution < -0.4 is 0 Å². The van der Waals surface area contributed by atoms with Gasteiger partial charge in [0.05, 0.1) is 0 Å². The van der Waals surface area contributed by atoms with Gasteiger partial charge in [-0.15, -0.1) is 12.4 Å². The predicted molar refractivity (Wildman–Crippen MR) is 85.4 cm³/mol. The Morgan fingerprint density at radius 3 is 2.18 bits per heavy atom. The smallest absolute Gasteiger partial charge is 0.254 e. The third-order valence-electron chi connectivity index (χ3n) is 4.34. The van der Waals surface area contributed by atoms with Crippen molar-refractivity contribution >= 4 is 18.3 Å². The van der Waals surface area contributed by atoms with Gasteiger partial charge in [0.15, 0.2) is 11.6 Å². The van der Waals surface area contributed by atoms with Gasteiger partial charge in [0, 0.05) is 24.7 Å². The highest BCUT2D eigenvalue weighted by Crippen LogP contribution is 2.26. The monoisotopic (exact) mass is 332 g/mol. The Kier molecular flexibility index (Phi) is 6.75. The number of likely N-dealkylation sites (N-methyl/N-ethyl adjacent to an activating group) is 2. The van der Waals surface area contributed by atoms with E-state index in [2.05, 4.69) is 4.90 Å². The first-order valence-corrected chi connectivity index (χ1v) is 7.30. The first-order valence-electron chi connectivity index (χ1n) is 7.30. The van der Waals surface area contributed by atoms with Gasteiger partial charge in [0.25, 0.3) is 5.91 Å². The van der Waals surface area contributed by atoms with Crippen LogP contribution in [-0.2, 0) is 0 Å². The average Bonchev–Trinajstić information content (AvgIpc) is 2.48. The molecule has 2 atom stereocenters. The van der Waals surface area contributed by atoms with Crippen LogP contribution in [-0.4, -0.2) is 48.9 Å². The molecule has 0 N–H and O–H groups in total. The minimum absolute atomic E-state index is 0. The standard InChI is InChI=1S/C16H22F2N2O.ClH/c1-19(2)14-6-4-5-7-15(14)20(3)16(21)11-8-9-12(17)13(18)10-11;/h8-10,14-15H,4-7H2,1-3H3;1H/t14-,15-;/m1./s1. The summed E-state index contributed by atoms with van der Waals surface area (Å²) in [5.41, 5.74) is 0.194. The maximum atomic E-state index is 13.3. The SMILES string of the molecule is CN(C)[C@@H]1CCCC[C@H]1N(C)C(=O)c1ccc(F)c(F)c1.Cl. The fourth-order valence-corrected chi connectivity index (χ4v) is 3.13. The lowest BCUT2D eigenvalue weighted by Gasteiger charge is -2.41. The Hall–Kier alpha value is -1.20. The summed E-state index contributed by atoms with van der Waals surface area (Å²) in [4.78, 5) is 16.3. The Morgan fingerprint density at radius 1 is 1.05 bits per heavy atom. The summed E-state index contributed by atoms with van der Waals surface area (Å²) in [6.07, 6.45) is 4.23. The lowest BCUT2D eigenvalue weighted by atomic mass is 9.88. The maximum Gasteiger partial charge on any atom is 0.254 e. The molecule has 1 amide bonds. The second-order valence-electron chi connectivity index (χ2n) is 5.93. The number of rotatable bonds is 3. The van der Waals surface area contributed by atoms with Crippen molar-refractivity contribution in [3.8, 4) is 0 Å². The van der Waals surface area contributed by atoms with Crippen LogP contribution in [0.5, 0.6) is 0 Å². The van der Waals surface area contributed by atoms with E-state index in [0.29, 0.717) is 6.04 Å². The van der Waals surface area contributed by atoms with Crippen LogP contribution in [0, 0.1) is 11.6 Å². The van der Waals surface area contributed by atoms with Crippen molar-refractivity contribution in [2.24, 2.45) is 0 Å². The summed E-state index contributed by atoms with van der Waals surface area (Å²) < 4.78 is 26.3. The lowest BCUT2D eigenvalue weighted by Crippen LogP contribution is -2.51. The van der Waals surface area contributed by atoms with Gasteiger partial charge in [-0.05, 0) is 45.1 Å². The normalized spacial score (nSPS) is 21.4. The van der Waals surface area contributed by atoms with Gasteiger partial charge in [0.2, 0.25) is 0 Å². The number of hydrogen-bond acceptors (Lipinski definition) is 2. The number of carbonyl (C=O) groups is 1. The van der Waals surface area contributed by atoms with Crippen LogP contribution in [0.2, 0.25) is 0 Å². The largest absolute Gasteiger partial charge is 0.337 e. The fraction of sp³-hybridized carbons (Fsp3) is 0.562. The first kappa shape index (κ1) is 18.8. The molecule has 0 saturated heterocycles. The molecule has 0 radical (unpaired) electrons. The van der Waals surface area contributed by atoms with Crippen LogP contribution in [0.4, 0.5) is 8.78 Å². The highest BCUT2D eigenvalue weighted by Gasteiger charge is 2.32. The van der Waals surface area contributed by atoms with E-state index in [1.807, 2.05) is 14.1 Å². The van der Waals surface area contributed by atoms with Gasteiger partial charge in [-0.25, -0.2) is 8.78 Å². The van der Waals surface area contributed by atoms with Crippen LogP contribution in [0.15, 0.2) is 18.2 Å². The number of halogens is 3. The lowest BCUT2D eigenvalue weighted by molar-refractivity contribution is 0.0544. The Bertz CT molecular complexity index is 525. The first-order chi connectivity index (χ1) is 9.91. The molecule has 2 rings (SSSR count). The molecule has 0 aliphatic heterocycles. The summed E-state index contributed by atoms with van der Waals surface area (Å²) in [5, 5.41) is 0. The second kappa shape index (κ2) is 7.88. The van der Waals surface area contributed by atoms with E-state index in [9.17, 15) is 13.6 Å². The zero-order chi connectivity index (χ0) is 15.6. The van der Waals surface area contributed by atoms with E-state index in [1.54, 1.807) is 11.9 Å². The molecule has 0 aromatic heterocycles. The van der Waals surface area contributed by atoms with E-state index in [0.717, 1.165) is 37.8 Å². The summed E-state index contributed by atoms with van der Waals surface area (Å²) >= 11 is 0. The molecule has 0 unspecified atom stereocenters. The number of amides is 1. The average molecular weight is 333 g/mol. The van der Waals surface area contributed by atoms with E-state index in [4.69, 9.17) is 0 Å². The number of nitrogens with zero attached hydrogens (tertiary/aromatic N) is 2. The molecular weight excluding hydrogens is 310 g/mol. The quantitative estimate of drug-likeness (QED) is 0.847. The molecule has 3 nitrogen and oxygen atoms in total. The molecule has 1 aromatic carbocycles. The Balaban J connectivity index is 0.00000242. The van der Waals surface area contributed by atoms with Crippen molar-refractivity contribution < 1.29 is 13.6 Å². The van der Waals surface area contributed by atoms with Crippen LogP contribution >= 0.6 is 12.4 Å². The van der Waals surface area contributed by atoms with Crippen LogP contribution in [0.3, 0.4) is 0 Å². The molecule has 1 saturated carbocycles. The second-order valence-corrected chi connectivity index (χ2v) is 5.93. The highest BCUT2D eigenvalue weighted by molar-refractivity contribution is 5.94. The van der Waals surface area contributed by atoms with E-state index >= 15 is 0 Å². The van der Waals surface area contributed by atoms with Crippen LogP contribution in [0.25, 0.3) is 0 Å². The molecule has 0 spiro atoms. The maximum absolute atomic E-state index is 13.3. The molecule has 0 bridgehead atoms. The zero-order valence-electron chi connectivity index (χ0n) is 13.2. The molecule has 0 heterocycles. The summed E-state index contributed by atoms with van der Waals surface area (Å²) in [6.45, 7) is 0. The number of benzene rings is 1. The molecule has 124 valence electrons. The third kappa shape index (κ3) is 3.96.